The maximum atomic E-state index is 12.7. The molecule has 5 rings (SSSR count). The molecule has 0 aliphatic heterocycles. The van der Waals surface area contributed by atoms with E-state index in [4.69, 9.17) is 5.73 Å². The lowest BCUT2D eigenvalue weighted by atomic mass is 10.0. The summed E-state index contributed by atoms with van der Waals surface area (Å²) >= 11 is 0. The number of carbonyl (C=O) groups excluding carboxylic acids is 1. The van der Waals surface area contributed by atoms with Gasteiger partial charge in [0.15, 0.2) is 0 Å². The first kappa shape index (κ1) is 17.6. The highest BCUT2D eigenvalue weighted by atomic mass is 16.2. The van der Waals surface area contributed by atoms with Crippen LogP contribution in [0.2, 0.25) is 0 Å². The van der Waals surface area contributed by atoms with Crippen molar-refractivity contribution < 1.29 is 4.79 Å². The Morgan fingerprint density at radius 1 is 1.31 bits per heavy atom. The summed E-state index contributed by atoms with van der Waals surface area (Å²) in [5.74, 6) is 1.33. The van der Waals surface area contributed by atoms with Crippen molar-refractivity contribution in [2.75, 3.05) is 11.1 Å². The molecule has 3 N–H and O–H groups in total. The van der Waals surface area contributed by atoms with Gasteiger partial charge in [0, 0.05) is 35.5 Å². The third kappa shape index (κ3) is 2.88. The summed E-state index contributed by atoms with van der Waals surface area (Å²) in [5.41, 5.74) is 8.86. The van der Waals surface area contributed by atoms with E-state index >= 15 is 0 Å². The fourth-order valence-corrected chi connectivity index (χ4v) is 4.73. The molecular formula is C22H20N6O. The topological polar surface area (TPSA) is 118 Å². The van der Waals surface area contributed by atoms with E-state index in [1.165, 1.54) is 0 Å². The number of nitrogens with two attached hydrogens (primary N) is 1. The number of nitrogen functional groups attached to an aromatic ring is 1. The van der Waals surface area contributed by atoms with Crippen molar-refractivity contribution in [2.45, 2.75) is 19.8 Å². The molecule has 144 valence electrons. The van der Waals surface area contributed by atoms with Gasteiger partial charge in [-0.15, -0.1) is 0 Å². The van der Waals surface area contributed by atoms with Gasteiger partial charge in [-0.25, -0.2) is 9.97 Å². The average molecular weight is 384 g/mol. The molecule has 2 unspecified atom stereocenters. The third-order valence-electron chi connectivity index (χ3n) is 6.28. The lowest BCUT2D eigenvalue weighted by Crippen LogP contribution is -2.19. The Kier molecular flexibility index (Phi) is 3.95. The van der Waals surface area contributed by atoms with Crippen LogP contribution in [0.3, 0.4) is 0 Å². The number of aryl methyl sites for hydroxylation is 1. The van der Waals surface area contributed by atoms with Crippen molar-refractivity contribution in [3.63, 3.8) is 0 Å². The minimum atomic E-state index is -0.0676. The first-order valence-electron chi connectivity index (χ1n) is 9.74. The number of nitriles is 1. The number of fused-ring (bicyclic) bond motifs is 2. The van der Waals surface area contributed by atoms with Crippen molar-refractivity contribution in [1.29, 1.82) is 5.26 Å². The van der Waals surface area contributed by atoms with Crippen molar-refractivity contribution in [3.8, 4) is 17.3 Å². The number of rotatable bonds is 3. The average Bonchev–Trinajstić information content (AvgIpc) is 3.28. The van der Waals surface area contributed by atoms with E-state index in [9.17, 15) is 10.1 Å². The standard InChI is InChI=1S/C22H20N6O/c1-11-4-5-25-9-15(11)17-6-13-7-18(26-10-16(13)21(24)27-17)28-22(29)20-14-3-2-12(8-23)19(14)20/h4-7,9-10,12,14,19-20H,2-3H2,1H3,(H2,24,27)(H,26,28,29)/t12?,14-,19+,20?/m1/s1. The molecule has 0 radical (unpaired) electrons. The van der Waals surface area contributed by atoms with Crippen LogP contribution in [0.5, 0.6) is 0 Å². The fourth-order valence-electron chi connectivity index (χ4n) is 4.73. The normalized spacial score (nSPS) is 24.7. The second-order valence-electron chi connectivity index (χ2n) is 7.94. The molecule has 2 aliphatic rings. The highest BCUT2D eigenvalue weighted by Gasteiger charge is 2.61. The lowest BCUT2D eigenvalue weighted by Gasteiger charge is -2.11. The molecule has 4 atom stereocenters. The van der Waals surface area contributed by atoms with Crippen LogP contribution in [0.1, 0.15) is 18.4 Å². The maximum absolute atomic E-state index is 12.7. The highest BCUT2D eigenvalue weighted by molar-refractivity contribution is 5.98. The van der Waals surface area contributed by atoms with Crippen LogP contribution in [-0.4, -0.2) is 20.9 Å². The molecular weight excluding hydrogens is 364 g/mol. The third-order valence-corrected chi connectivity index (χ3v) is 6.28. The van der Waals surface area contributed by atoms with Gasteiger partial charge in [-0.3, -0.25) is 9.78 Å². The summed E-state index contributed by atoms with van der Waals surface area (Å²) in [5, 5.41) is 13.7. The zero-order valence-electron chi connectivity index (χ0n) is 16.0. The quantitative estimate of drug-likeness (QED) is 0.715. The van der Waals surface area contributed by atoms with Gasteiger partial charge in [0.05, 0.1) is 17.7 Å². The van der Waals surface area contributed by atoms with Gasteiger partial charge in [-0.1, -0.05) is 0 Å². The second kappa shape index (κ2) is 6.52. The number of amides is 1. The van der Waals surface area contributed by atoms with Crippen molar-refractivity contribution in [2.24, 2.45) is 23.7 Å². The molecule has 2 aliphatic carbocycles. The minimum Gasteiger partial charge on any atom is -0.383 e. The van der Waals surface area contributed by atoms with E-state index in [1.807, 2.05) is 25.1 Å². The molecule has 2 fully saturated rings. The molecule has 3 heterocycles. The van der Waals surface area contributed by atoms with E-state index in [0.29, 0.717) is 17.6 Å². The van der Waals surface area contributed by atoms with Crippen LogP contribution in [-0.2, 0) is 4.79 Å². The molecule has 1 amide bonds. The Bertz CT molecular complexity index is 1180. The number of anilines is 2. The molecule has 0 spiro atoms. The molecule has 7 nitrogen and oxygen atoms in total. The predicted molar refractivity (Wildman–Crippen MR) is 109 cm³/mol. The van der Waals surface area contributed by atoms with E-state index in [0.717, 1.165) is 40.4 Å². The lowest BCUT2D eigenvalue weighted by molar-refractivity contribution is -0.118. The van der Waals surface area contributed by atoms with Gasteiger partial charge in [0.2, 0.25) is 5.91 Å². The molecule has 0 saturated heterocycles. The van der Waals surface area contributed by atoms with Gasteiger partial charge in [0.25, 0.3) is 0 Å². The van der Waals surface area contributed by atoms with Gasteiger partial charge >= 0.3 is 0 Å². The number of aromatic nitrogens is 3. The maximum Gasteiger partial charge on any atom is 0.229 e. The molecule has 29 heavy (non-hydrogen) atoms. The Morgan fingerprint density at radius 2 is 2.17 bits per heavy atom. The van der Waals surface area contributed by atoms with E-state index in [1.54, 1.807) is 18.6 Å². The zero-order chi connectivity index (χ0) is 20.1. The van der Waals surface area contributed by atoms with Gasteiger partial charge in [-0.2, -0.15) is 5.26 Å². The van der Waals surface area contributed by atoms with Crippen molar-refractivity contribution in [1.82, 2.24) is 15.0 Å². The van der Waals surface area contributed by atoms with Crippen LogP contribution in [0, 0.1) is 41.9 Å². The Balaban J connectivity index is 1.44. The SMILES string of the molecule is Cc1ccncc1-c1cc2cc(NC(=O)C3[C@H]4C(C#N)CC[C@@H]34)ncc2c(N)n1. The summed E-state index contributed by atoms with van der Waals surface area (Å²) in [4.78, 5) is 25.7. The number of carbonyl (C=O) groups is 1. The Morgan fingerprint density at radius 3 is 2.97 bits per heavy atom. The Labute approximate surface area is 168 Å². The molecule has 0 bridgehead atoms. The first-order chi connectivity index (χ1) is 14.1. The molecule has 3 aromatic rings. The van der Waals surface area contributed by atoms with Gasteiger partial charge in [-0.05, 0) is 60.7 Å². The predicted octanol–water partition coefficient (Wildman–Crippen LogP) is 3.32. The molecule has 7 heteroatoms. The molecule has 0 aromatic carbocycles. The molecule has 2 saturated carbocycles. The minimum absolute atomic E-state index is 0.0106. The second-order valence-corrected chi connectivity index (χ2v) is 7.94. The first-order valence-corrected chi connectivity index (χ1v) is 9.74. The van der Waals surface area contributed by atoms with Crippen molar-refractivity contribution >= 4 is 28.3 Å². The summed E-state index contributed by atoms with van der Waals surface area (Å²) in [6.07, 6.45) is 7.02. The van der Waals surface area contributed by atoms with Crippen LogP contribution >= 0.6 is 0 Å². The largest absolute Gasteiger partial charge is 0.383 e. The summed E-state index contributed by atoms with van der Waals surface area (Å²) < 4.78 is 0. The number of nitrogens with one attached hydrogen (secondary N) is 1. The van der Waals surface area contributed by atoms with Crippen LogP contribution in [0.4, 0.5) is 11.6 Å². The highest BCUT2D eigenvalue weighted by Crippen LogP contribution is 2.60. The van der Waals surface area contributed by atoms with Gasteiger partial charge in [0.1, 0.15) is 11.6 Å². The van der Waals surface area contributed by atoms with Crippen LogP contribution in [0.15, 0.2) is 36.8 Å². The zero-order valence-corrected chi connectivity index (χ0v) is 16.0. The van der Waals surface area contributed by atoms with E-state index in [2.05, 4.69) is 26.3 Å². The number of hydrogen-bond acceptors (Lipinski definition) is 6. The van der Waals surface area contributed by atoms with Crippen LogP contribution < -0.4 is 11.1 Å². The Hall–Kier alpha value is -3.53. The summed E-state index contributed by atoms with van der Waals surface area (Å²) in [6, 6.07) is 8.02. The van der Waals surface area contributed by atoms with E-state index in [-0.39, 0.29) is 23.7 Å². The summed E-state index contributed by atoms with van der Waals surface area (Å²) in [6.45, 7) is 2.00. The van der Waals surface area contributed by atoms with Crippen molar-refractivity contribution in [3.05, 3.63) is 42.4 Å². The van der Waals surface area contributed by atoms with E-state index < -0.39 is 0 Å². The fraction of sp³-hybridized carbons (Fsp3) is 0.318. The smallest absolute Gasteiger partial charge is 0.229 e. The summed E-state index contributed by atoms with van der Waals surface area (Å²) in [7, 11) is 0. The number of pyridine rings is 3. The number of hydrogen-bond donors (Lipinski definition) is 2. The number of nitrogens with zero attached hydrogens (tertiary/aromatic N) is 4. The molecule has 3 aromatic heterocycles. The van der Waals surface area contributed by atoms with Crippen LogP contribution in [0.25, 0.3) is 22.0 Å². The monoisotopic (exact) mass is 384 g/mol. The van der Waals surface area contributed by atoms with Gasteiger partial charge < -0.3 is 11.1 Å².